The molecule has 172 valence electrons. The standard InChI is InChI=1S/C26H29FN4O2/c1-32-21-9-11-22(12-10-21)33-25-23-18-30(17-19-5-7-20(27)8-6-19)16-13-24(23)28-26(29-25)31-14-3-2-4-15-31/h5-12H,2-4,13-18H2,1H3. The maximum Gasteiger partial charge on any atom is 0.228 e. The van der Waals surface area contributed by atoms with E-state index in [1.807, 2.05) is 36.4 Å². The van der Waals surface area contributed by atoms with E-state index < -0.39 is 0 Å². The van der Waals surface area contributed by atoms with Crippen molar-refractivity contribution in [3.8, 4) is 17.4 Å². The van der Waals surface area contributed by atoms with Crippen molar-refractivity contribution >= 4 is 5.95 Å². The van der Waals surface area contributed by atoms with Crippen LogP contribution in [0.25, 0.3) is 0 Å². The second-order valence-electron chi connectivity index (χ2n) is 8.67. The number of rotatable bonds is 6. The second kappa shape index (κ2) is 9.75. The number of nitrogens with zero attached hydrogens (tertiary/aromatic N) is 4. The Balaban J connectivity index is 1.43. The van der Waals surface area contributed by atoms with E-state index in [-0.39, 0.29) is 5.82 Å². The van der Waals surface area contributed by atoms with Gasteiger partial charge in [0.25, 0.3) is 0 Å². The summed E-state index contributed by atoms with van der Waals surface area (Å²) in [4.78, 5) is 14.5. The fourth-order valence-electron chi connectivity index (χ4n) is 4.49. The van der Waals surface area contributed by atoms with Crippen molar-refractivity contribution in [1.82, 2.24) is 14.9 Å². The van der Waals surface area contributed by atoms with Gasteiger partial charge in [0.15, 0.2) is 0 Å². The summed E-state index contributed by atoms with van der Waals surface area (Å²) in [5, 5.41) is 0. The molecule has 0 atom stereocenters. The van der Waals surface area contributed by atoms with E-state index in [4.69, 9.17) is 19.4 Å². The van der Waals surface area contributed by atoms with Crippen molar-refractivity contribution in [3.05, 3.63) is 71.2 Å². The quantitative estimate of drug-likeness (QED) is 0.531. The van der Waals surface area contributed by atoms with Crippen LogP contribution in [-0.2, 0) is 19.5 Å². The molecular formula is C26H29FN4O2. The number of aromatic nitrogens is 2. The SMILES string of the molecule is COc1ccc(Oc2nc(N3CCCCC3)nc3c2CN(Cc2ccc(F)cc2)CC3)cc1. The molecule has 2 aromatic carbocycles. The normalized spacial score (nSPS) is 16.4. The van der Waals surface area contributed by atoms with E-state index >= 15 is 0 Å². The van der Waals surface area contributed by atoms with Crippen LogP contribution in [0.1, 0.15) is 36.1 Å². The molecule has 3 heterocycles. The number of piperidine rings is 1. The number of benzene rings is 2. The van der Waals surface area contributed by atoms with Gasteiger partial charge in [0.05, 0.1) is 18.4 Å². The van der Waals surface area contributed by atoms with Gasteiger partial charge >= 0.3 is 0 Å². The average molecular weight is 449 g/mol. The number of anilines is 1. The fraction of sp³-hybridized carbons (Fsp3) is 0.385. The molecule has 5 rings (SSSR count). The highest BCUT2D eigenvalue weighted by atomic mass is 19.1. The Morgan fingerprint density at radius 2 is 1.61 bits per heavy atom. The molecule has 0 bridgehead atoms. The van der Waals surface area contributed by atoms with Crippen LogP contribution >= 0.6 is 0 Å². The van der Waals surface area contributed by atoms with Crippen LogP contribution in [0, 0.1) is 5.82 Å². The van der Waals surface area contributed by atoms with Crippen LogP contribution in [-0.4, -0.2) is 41.6 Å². The largest absolute Gasteiger partial charge is 0.497 e. The summed E-state index contributed by atoms with van der Waals surface area (Å²) in [5.74, 6) is 2.68. The zero-order valence-corrected chi connectivity index (χ0v) is 19.0. The molecule has 0 radical (unpaired) electrons. The van der Waals surface area contributed by atoms with Gasteiger partial charge in [0, 0.05) is 39.1 Å². The molecule has 7 heteroatoms. The molecule has 0 saturated carbocycles. The van der Waals surface area contributed by atoms with Crippen molar-refractivity contribution in [2.45, 2.75) is 38.8 Å². The van der Waals surface area contributed by atoms with E-state index in [1.54, 1.807) is 7.11 Å². The molecule has 0 aliphatic carbocycles. The van der Waals surface area contributed by atoms with Gasteiger partial charge in [-0.05, 0) is 61.2 Å². The van der Waals surface area contributed by atoms with Crippen molar-refractivity contribution in [2.24, 2.45) is 0 Å². The highest BCUT2D eigenvalue weighted by molar-refractivity contribution is 5.44. The first-order chi connectivity index (χ1) is 16.2. The third kappa shape index (κ3) is 5.09. The van der Waals surface area contributed by atoms with Gasteiger partial charge in [0.1, 0.15) is 17.3 Å². The summed E-state index contributed by atoms with van der Waals surface area (Å²) in [6, 6.07) is 14.3. The number of hydrogen-bond donors (Lipinski definition) is 0. The van der Waals surface area contributed by atoms with E-state index in [1.165, 1.54) is 31.4 Å². The Kier molecular flexibility index (Phi) is 6.39. The molecule has 0 unspecified atom stereocenters. The zero-order chi connectivity index (χ0) is 22.6. The fourth-order valence-corrected chi connectivity index (χ4v) is 4.49. The Bertz CT molecular complexity index is 1080. The molecule has 0 amide bonds. The van der Waals surface area contributed by atoms with Gasteiger partial charge in [-0.15, -0.1) is 0 Å². The van der Waals surface area contributed by atoms with E-state index in [2.05, 4.69) is 9.80 Å². The van der Waals surface area contributed by atoms with E-state index in [0.29, 0.717) is 12.4 Å². The van der Waals surface area contributed by atoms with Gasteiger partial charge in [-0.2, -0.15) is 4.98 Å². The summed E-state index contributed by atoms with van der Waals surface area (Å²) in [7, 11) is 1.65. The summed E-state index contributed by atoms with van der Waals surface area (Å²) in [6.45, 7) is 4.30. The molecule has 1 saturated heterocycles. The van der Waals surface area contributed by atoms with Crippen molar-refractivity contribution in [2.75, 3.05) is 31.6 Å². The molecule has 33 heavy (non-hydrogen) atoms. The lowest BCUT2D eigenvalue weighted by Gasteiger charge is -2.32. The number of hydrogen-bond acceptors (Lipinski definition) is 6. The maximum absolute atomic E-state index is 13.3. The van der Waals surface area contributed by atoms with Crippen molar-refractivity contribution in [3.63, 3.8) is 0 Å². The minimum Gasteiger partial charge on any atom is -0.497 e. The van der Waals surface area contributed by atoms with E-state index in [9.17, 15) is 4.39 Å². The topological polar surface area (TPSA) is 50.7 Å². The van der Waals surface area contributed by atoms with Crippen LogP contribution in [0.3, 0.4) is 0 Å². The van der Waals surface area contributed by atoms with E-state index in [0.717, 1.165) is 66.9 Å². The first kappa shape index (κ1) is 21.6. The number of methoxy groups -OCH3 is 1. The number of fused-ring (bicyclic) bond motifs is 1. The van der Waals surface area contributed by atoms with Crippen LogP contribution in [0.2, 0.25) is 0 Å². The summed E-state index contributed by atoms with van der Waals surface area (Å²) >= 11 is 0. The molecule has 2 aliphatic rings. The van der Waals surface area contributed by atoms with Crippen LogP contribution in [0.5, 0.6) is 17.4 Å². The minimum atomic E-state index is -0.212. The molecule has 0 spiro atoms. The summed E-state index contributed by atoms with van der Waals surface area (Å²) in [5.41, 5.74) is 3.17. The lowest BCUT2D eigenvalue weighted by molar-refractivity contribution is 0.238. The predicted octanol–water partition coefficient (Wildman–Crippen LogP) is 4.97. The highest BCUT2D eigenvalue weighted by Crippen LogP contribution is 2.33. The van der Waals surface area contributed by atoms with Crippen molar-refractivity contribution in [1.29, 1.82) is 0 Å². The van der Waals surface area contributed by atoms with Gasteiger partial charge in [-0.3, -0.25) is 4.90 Å². The van der Waals surface area contributed by atoms with Gasteiger partial charge in [-0.25, -0.2) is 9.37 Å². The smallest absolute Gasteiger partial charge is 0.228 e. The third-order valence-electron chi connectivity index (χ3n) is 6.32. The summed E-state index contributed by atoms with van der Waals surface area (Å²) in [6.07, 6.45) is 4.43. The van der Waals surface area contributed by atoms with Crippen LogP contribution < -0.4 is 14.4 Å². The number of halogens is 1. The van der Waals surface area contributed by atoms with Gasteiger partial charge < -0.3 is 14.4 Å². The highest BCUT2D eigenvalue weighted by Gasteiger charge is 2.26. The molecule has 0 N–H and O–H groups in total. The third-order valence-corrected chi connectivity index (χ3v) is 6.32. The van der Waals surface area contributed by atoms with Crippen LogP contribution in [0.4, 0.5) is 10.3 Å². The molecule has 1 fully saturated rings. The Labute approximate surface area is 194 Å². The average Bonchev–Trinajstić information content (AvgIpc) is 2.86. The number of ether oxygens (including phenoxy) is 2. The Morgan fingerprint density at radius 1 is 0.879 bits per heavy atom. The lowest BCUT2D eigenvalue weighted by atomic mass is 10.1. The Hall–Kier alpha value is -3.19. The lowest BCUT2D eigenvalue weighted by Crippen LogP contribution is -2.34. The van der Waals surface area contributed by atoms with Gasteiger partial charge in [-0.1, -0.05) is 12.1 Å². The second-order valence-corrected chi connectivity index (χ2v) is 8.67. The first-order valence-electron chi connectivity index (χ1n) is 11.6. The zero-order valence-electron chi connectivity index (χ0n) is 19.0. The Morgan fingerprint density at radius 3 is 2.33 bits per heavy atom. The van der Waals surface area contributed by atoms with Gasteiger partial charge in [0.2, 0.25) is 11.8 Å². The molecular weight excluding hydrogens is 419 g/mol. The molecule has 6 nitrogen and oxygen atoms in total. The molecule has 2 aliphatic heterocycles. The molecule has 1 aromatic heterocycles. The first-order valence-corrected chi connectivity index (χ1v) is 11.6. The van der Waals surface area contributed by atoms with Crippen LogP contribution in [0.15, 0.2) is 48.5 Å². The maximum atomic E-state index is 13.3. The predicted molar refractivity (Wildman–Crippen MR) is 125 cm³/mol. The van der Waals surface area contributed by atoms with Crippen molar-refractivity contribution < 1.29 is 13.9 Å². The molecule has 3 aromatic rings. The monoisotopic (exact) mass is 448 g/mol. The summed E-state index contributed by atoms with van der Waals surface area (Å²) < 4.78 is 24.9. The minimum absolute atomic E-state index is 0.212.